The molecule has 1 N–H and O–H groups in total. The van der Waals surface area contributed by atoms with Crippen molar-refractivity contribution < 1.29 is 27.8 Å². The molecule has 1 aromatic rings. The van der Waals surface area contributed by atoms with Gasteiger partial charge in [0.15, 0.2) is 0 Å². The number of ether oxygens (including phenoxy) is 1. The van der Waals surface area contributed by atoms with Crippen LogP contribution in [0.5, 0.6) is 5.75 Å². The minimum absolute atomic E-state index is 0.0440. The van der Waals surface area contributed by atoms with E-state index in [9.17, 15) is 23.1 Å². The molecule has 24 heavy (non-hydrogen) atoms. The Morgan fingerprint density at radius 2 is 2.04 bits per heavy atom. The Hall–Kier alpha value is -2.09. The predicted octanol–water partition coefficient (Wildman–Crippen LogP) is 3.19. The molecule has 0 saturated heterocycles. The van der Waals surface area contributed by atoms with Crippen molar-refractivity contribution in [2.45, 2.75) is 38.6 Å². The van der Waals surface area contributed by atoms with Crippen molar-refractivity contribution in [1.29, 1.82) is 0 Å². The molecule has 1 atom stereocenters. The zero-order valence-electron chi connectivity index (χ0n) is 13.6. The van der Waals surface area contributed by atoms with Gasteiger partial charge in [-0.3, -0.25) is 4.79 Å². The number of benzene rings is 1. The summed E-state index contributed by atoms with van der Waals surface area (Å²) in [5, 5.41) is 14.1. The fraction of sp³-hybridized carbons (Fsp3) is 0.500. The molecular formula is C16H19F3N2O3. The first kappa shape index (κ1) is 18.3. The van der Waals surface area contributed by atoms with Crippen molar-refractivity contribution in [2.75, 3.05) is 7.11 Å². The van der Waals surface area contributed by atoms with Gasteiger partial charge in [-0.15, -0.1) is 0 Å². The van der Waals surface area contributed by atoms with Crippen molar-refractivity contribution in [2.24, 2.45) is 11.0 Å². The summed E-state index contributed by atoms with van der Waals surface area (Å²) < 4.78 is 45.3. The van der Waals surface area contributed by atoms with E-state index in [1.807, 2.05) is 13.8 Å². The molecule has 1 unspecified atom stereocenters. The number of hydrogen-bond acceptors (Lipinski definition) is 4. The van der Waals surface area contributed by atoms with Crippen LogP contribution < -0.4 is 4.74 Å². The van der Waals surface area contributed by atoms with E-state index in [1.54, 1.807) is 6.07 Å². The van der Waals surface area contributed by atoms with Gasteiger partial charge in [-0.2, -0.15) is 23.3 Å². The number of para-hydroxylation sites is 1. The summed E-state index contributed by atoms with van der Waals surface area (Å²) in [6.07, 6.45) is -5.53. The van der Waals surface area contributed by atoms with Crippen LogP contribution in [0.25, 0.3) is 0 Å². The third kappa shape index (κ3) is 3.24. The second kappa shape index (κ2) is 6.43. The lowest BCUT2D eigenvalue weighted by atomic mass is 9.99. The first-order valence-electron chi connectivity index (χ1n) is 7.43. The standard InChI is InChI=1S/C16H19F3N2O3/c1-10(2)8-11-9-15(23,16(17,18)19)21(20-11)14(22)12-6-4-5-7-13(12)24-3/h4-7,10,23H,8-9H2,1-3H3. The summed E-state index contributed by atoms with van der Waals surface area (Å²) in [5.41, 5.74) is -3.32. The highest BCUT2D eigenvalue weighted by Gasteiger charge is 2.63. The lowest BCUT2D eigenvalue weighted by Crippen LogP contribution is -2.56. The second-order valence-electron chi connectivity index (χ2n) is 6.07. The Labute approximate surface area is 137 Å². The van der Waals surface area contributed by atoms with E-state index in [-0.39, 0.29) is 34.4 Å². The normalized spacial score (nSPS) is 21.2. The number of rotatable bonds is 4. The minimum Gasteiger partial charge on any atom is -0.496 e. The largest absolute Gasteiger partial charge is 0.496 e. The maximum absolute atomic E-state index is 13.4. The Morgan fingerprint density at radius 1 is 1.42 bits per heavy atom. The smallest absolute Gasteiger partial charge is 0.438 e. The topological polar surface area (TPSA) is 62.1 Å². The maximum Gasteiger partial charge on any atom is 0.438 e. The minimum atomic E-state index is -5.03. The van der Waals surface area contributed by atoms with Crippen LogP contribution in [0.4, 0.5) is 13.2 Å². The summed E-state index contributed by atoms with van der Waals surface area (Å²) in [7, 11) is 1.31. The highest BCUT2D eigenvalue weighted by atomic mass is 19.4. The Balaban J connectivity index is 2.46. The Bertz CT molecular complexity index is 658. The number of nitrogens with zero attached hydrogens (tertiary/aromatic N) is 2. The summed E-state index contributed by atoms with van der Waals surface area (Å²) >= 11 is 0. The van der Waals surface area contributed by atoms with Gasteiger partial charge in [0.25, 0.3) is 11.6 Å². The summed E-state index contributed by atoms with van der Waals surface area (Å²) in [4.78, 5) is 12.6. The highest BCUT2D eigenvalue weighted by molar-refractivity contribution is 6.00. The van der Waals surface area contributed by atoms with Crippen molar-refractivity contribution in [3.8, 4) is 5.75 Å². The zero-order valence-corrected chi connectivity index (χ0v) is 13.6. The van der Waals surface area contributed by atoms with E-state index >= 15 is 0 Å². The van der Waals surface area contributed by atoms with E-state index in [1.165, 1.54) is 25.3 Å². The van der Waals surface area contributed by atoms with Gasteiger partial charge < -0.3 is 9.84 Å². The highest BCUT2D eigenvalue weighted by Crippen LogP contribution is 2.42. The molecule has 8 heteroatoms. The van der Waals surface area contributed by atoms with Gasteiger partial charge >= 0.3 is 6.18 Å². The van der Waals surface area contributed by atoms with E-state index in [0.717, 1.165) is 0 Å². The lowest BCUT2D eigenvalue weighted by molar-refractivity contribution is -0.297. The van der Waals surface area contributed by atoms with Crippen LogP contribution in [0.2, 0.25) is 0 Å². The molecular weight excluding hydrogens is 325 g/mol. The van der Waals surface area contributed by atoms with E-state index < -0.39 is 24.2 Å². The van der Waals surface area contributed by atoms with Crippen molar-refractivity contribution >= 4 is 11.6 Å². The third-order valence-corrected chi connectivity index (χ3v) is 3.67. The molecule has 0 fully saturated rings. The number of hydrogen-bond donors (Lipinski definition) is 1. The van der Waals surface area contributed by atoms with Crippen LogP contribution in [-0.2, 0) is 0 Å². The van der Waals surface area contributed by atoms with Crippen LogP contribution >= 0.6 is 0 Å². The van der Waals surface area contributed by atoms with Crippen LogP contribution in [0.1, 0.15) is 37.0 Å². The molecule has 1 heterocycles. The average Bonchev–Trinajstić information content (AvgIpc) is 2.83. The van der Waals surface area contributed by atoms with Crippen LogP contribution in [0, 0.1) is 5.92 Å². The van der Waals surface area contributed by atoms with Gasteiger partial charge in [0, 0.05) is 12.1 Å². The number of amides is 1. The first-order chi connectivity index (χ1) is 11.1. The molecule has 2 rings (SSSR count). The number of carbonyl (C=O) groups excluding carboxylic acids is 1. The zero-order chi connectivity index (χ0) is 18.1. The van der Waals surface area contributed by atoms with Crippen molar-refractivity contribution in [3.63, 3.8) is 0 Å². The average molecular weight is 344 g/mol. The van der Waals surface area contributed by atoms with E-state index in [4.69, 9.17) is 4.74 Å². The molecule has 0 aromatic heterocycles. The molecule has 1 aliphatic heterocycles. The second-order valence-corrected chi connectivity index (χ2v) is 6.07. The van der Waals surface area contributed by atoms with Gasteiger partial charge in [-0.1, -0.05) is 26.0 Å². The molecule has 5 nitrogen and oxygen atoms in total. The Kier molecular flexibility index (Phi) is 4.89. The van der Waals surface area contributed by atoms with Gasteiger partial charge in [-0.05, 0) is 24.5 Å². The van der Waals surface area contributed by atoms with Gasteiger partial charge in [0.2, 0.25) is 0 Å². The lowest BCUT2D eigenvalue weighted by Gasteiger charge is -2.32. The summed E-state index contributed by atoms with van der Waals surface area (Å²) in [5.74, 6) is -0.909. The number of halogens is 3. The molecule has 0 bridgehead atoms. The molecule has 0 aliphatic carbocycles. The molecule has 1 amide bonds. The molecule has 132 valence electrons. The molecule has 0 radical (unpaired) electrons. The van der Waals surface area contributed by atoms with Crippen LogP contribution in [0.15, 0.2) is 29.4 Å². The molecule has 1 aromatic carbocycles. The molecule has 0 saturated carbocycles. The SMILES string of the molecule is COc1ccccc1C(=O)N1N=C(CC(C)C)CC1(O)C(F)(F)F. The number of alkyl halides is 3. The summed E-state index contributed by atoms with van der Waals surface area (Å²) in [6.45, 7) is 3.64. The Morgan fingerprint density at radius 3 is 2.58 bits per heavy atom. The van der Waals surface area contributed by atoms with Crippen molar-refractivity contribution in [1.82, 2.24) is 5.01 Å². The van der Waals surface area contributed by atoms with E-state index in [2.05, 4.69) is 5.10 Å². The fourth-order valence-corrected chi connectivity index (χ4v) is 2.57. The van der Waals surface area contributed by atoms with Gasteiger partial charge in [-0.25, -0.2) is 0 Å². The number of carbonyl (C=O) groups is 1. The number of hydrazone groups is 1. The number of aliphatic hydroxyl groups is 1. The number of methoxy groups -OCH3 is 1. The predicted molar refractivity (Wildman–Crippen MR) is 81.7 cm³/mol. The van der Waals surface area contributed by atoms with Crippen molar-refractivity contribution in [3.05, 3.63) is 29.8 Å². The third-order valence-electron chi connectivity index (χ3n) is 3.67. The monoisotopic (exact) mass is 344 g/mol. The van der Waals surface area contributed by atoms with Gasteiger partial charge in [0.05, 0.1) is 12.7 Å². The van der Waals surface area contributed by atoms with E-state index in [0.29, 0.717) is 0 Å². The summed E-state index contributed by atoms with van der Waals surface area (Å²) in [6, 6.07) is 5.86. The fourth-order valence-electron chi connectivity index (χ4n) is 2.57. The first-order valence-corrected chi connectivity index (χ1v) is 7.43. The van der Waals surface area contributed by atoms with Gasteiger partial charge in [0.1, 0.15) is 5.75 Å². The molecule has 1 aliphatic rings. The van der Waals surface area contributed by atoms with Crippen LogP contribution in [-0.4, -0.2) is 40.7 Å². The van der Waals surface area contributed by atoms with Crippen LogP contribution in [0.3, 0.4) is 0 Å². The maximum atomic E-state index is 13.4. The quantitative estimate of drug-likeness (QED) is 0.912. The molecule has 0 spiro atoms.